The zero-order chi connectivity index (χ0) is 15.5. The molecule has 0 saturated carbocycles. The highest BCUT2D eigenvalue weighted by atomic mass is 16.3. The molecule has 1 aliphatic heterocycles. The van der Waals surface area contributed by atoms with Crippen molar-refractivity contribution < 1.29 is 9.90 Å². The second-order valence-corrected chi connectivity index (χ2v) is 5.82. The maximum Gasteiger partial charge on any atom is 0.244 e. The second-order valence-electron chi connectivity index (χ2n) is 5.82. The number of imidazole rings is 1. The number of carbonyl (C=O) groups is 1. The molecule has 0 spiro atoms. The molecule has 0 bridgehead atoms. The summed E-state index contributed by atoms with van der Waals surface area (Å²) in [6, 6.07) is -0.0211. The second kappa shape index (κ2) is 6.31. The molecular formula is C15H21N5O2. The number of aliphatic hydroxyl groups excluding tert-OH is 1. The molecule has 1 N–H and O–H groups in total. The highest BCUT2D eigenvalue weighted by Gasteiger charge is 2.27. The smallest absolute Gasteiger partial charge is 0.244 e. The third kappa shape index (κ3) is 3.19. The van der Waals surface area contributed by atoms with E-state index in [-0.39, 0.29) is 18.5 Å². The summed E-state index contributed by atoms with van der Waals surface area (Å²) >= 11 is 0. The van der Waals surface area contributed by atoms with Gasteiger partial charge in [0.2, 0.25) is 5.91 Å². The van der Waals surface area contributed by atoms with E-state index in [0.29, 0.717) is 19.5 Å². The van der Waals surface area contributed by atoms with Gasteiger partial charge in [0.1, 0.15) is 6.54 Å². The topological polar surface area (TPSA) is 76.2 Å². The van der Waals surface area contributed by atoms with Gasteiger partial charge in [-0.3, -0.25) is 9.48 Å². The lowest BCUT2D eigenvalue weighted by Gasteiger charge is -2.21. The van der Waals surface area contributed by atoms with Gasteiger partial charge in [-0.25, -0.2) is 4.98 Å². The van der Waals surface area contributed by atoms with Crippen molar-refractivity contribution in [2.75, 3.05) is 13.1 Å². The molecule has 0 radical (unpaired) electrons. The Bertz CT molecular complexity index is 622. The number of aliphatic hydroxyl groups is 1. The van der Waals surface area contributed by atoms with Gasteiger partial charge in [0.25, 0.3) is 0 Å². The molecule has 2 aromatic heterocycles. The molecule has 7 nitrogen and oxygen atoms in total. The number of amides is 1. The van der Waals surface area contributed by atoms with Crippen LogP contribution in [0.1, 0.15) is 24.4 Å². The number of hydrogen-bond acceptors (Lipinski definition) is 4. The van der Waals surface area contributed by atoms with Gasteiger partial charge in [0.05, 0.1) is 24.7 Å². The molecule has 0 unspecified atom stereocenters. The number of carbonyl (C=O) groups excluding carboxylic acids is 1. The number of nitrogens with zero attached hydrogens (tertiary/aromatic N) is 5. The van der Waals surface area contributed by atoms with Crippen molar-refractivity contribution >= 4 is 5.91 Å². The normalized spacial score (nSPS) is 22.5. The first-order valence-electron chi connectivity index (χ1n) is 7.56. The predicted octanol–water partition coefficient (Wildman–Crippen LogP) is 0.613. The quantitative estimate of drug-likeness (QED) is 0.901. The molecule has 1 aliphatic rings. The minimum atomic E-state index is -0.459. The lowest BCUT2D eigenvalue weighted by Crippen LogP contribution is -2.35. The minimum absolute atomic E-state index is 0.0211. The Hall–Kier alpha value is -2.15. The zero-order valence-corrected chi connectivity index (χ0v) is 12.7. The molecule has 1 saturated heterocycles. The Morgan fingerprint density at radius 3 is 2.91 bits per heavy atom. The number of aryl methyl sites for hydroxylation is 1. The highest BCUT2D eigenvalue weighted by Crippen LogP contribution is 2.23. The van der Waals surface area contributed by atoms with Crippen molar-refractivity contribution in [2.45, 2.75) is 38.5 Å². The number of aromatic nitrogens is 4. The Labute approximate surface area is 129 Å². The fraction of sp³-hybridized carbons (Fsp3) is 0.533. The first-order chi connectivity index (χ1) is 10.6. The molecule has 2 atom stereocenters. The lowest BCUT2D eigenvalue weighted by atomic mass is 10.1. The monoisotopic (exact) mass is 303 g/mol. The minimum Gasteiger partial charge on any atom is -0.391 e. The van der Waals surface area contributed by atoms with E-state index in [2.05, 4.69) is 10.1 Å². The van der Waals surface area contributed by atoms with Crippen LogP contribution in [0, 0.1) is 6.92 Å². The van der Waals surface area contributed by atoms with E-state index in [4.69, 9.17) is 0 Å². The van der Waals surface area contributed by atoms with E-state index in [9.17, 15) is 9.90 Å². The van der Waals surface area contributed by atoms with E-state index in [1.165, 1.54) is 0 Å². The van der Waals surface area contributed by atoms with Crippen LogP contribution in [0.5, 0.6) is 0 Å². The van der Waals surface area contributed by atoms with Gasteiger partial charge in [-0.2, -0.15) is 5.10 Å². The summed E-state index contributed by atoms with van der Waals surface area (Å²) in [4.78, 5) is 18.2. The Morgan fingerprint density at radius 2 is 2.23 bits per heavy atom. The molecule has 0 aromatic carbocycles. The molecule has 3 heterocycles. The standard InChI is InChI=1S/C15H21N5O2/c1-12-8-17-20(9-12)10-15(22)18-5-2-13(14(21)3-6-18)19-7-4-16-11-19/h4,7-9,11,13-14,21H,2-3,5-6,10H2,1H3/t13-,14-/m0/s1. The summed E-state index contributed by atoms with van der Waals surface area (Å²) < 4.78 is 3.59. The van der Waals surface area contributed by atoms with Crippen molar-refractivity contribution in [3.05, 3.63) is 36.7 Å². The molecule has 118 valence electrons. The van der Waals surface area contributed by atoms with E-state index in [0.717, 1.165) is 12.0 Å². The molecular weight excluding hydrogens is 282 g/mol. The van der Waals surface area contributed by atoms with E-state index < -0.39 is 6.10 Å². The summed E-state index contributed by atoms with van der Waals surface area (Å²) in [5.74, 6) is 0.0431. The van der Waals surface area contributed by atoms with Crippen molar-refractivity contribution in [3.63, 3.8) is 0 Å². The van der Waals surface area contributed by atoms with Gasteiger partial charge in [-0.1, -0.05) is 0 Å². The van der Waals surface area contributed by atoms with Gasteiger partial charge < -0.3 is 14.6 Å². The molecule has 1 amide bonds. The van der Waals surface area contributed by atoms with Crippen LogP contribution in [0.15, 0.2) is 31.1 Å². The van der Waals surface area contributed by atoms with E-state index in [1.54, 1.807) is 23.4 Å². The van der Waals surface area contributed by atoms with Gasteiger partial charge in [0.15, 0.2) is 0 Å². The number of rotatable bonds is 3. The predicted molar refractivity (Wildman–Crippen MR) is 80.0 cm³/mol. The summed E-state index contributed by atoms with van der Waals surface area (Å²) in [7, 11) is 0. The van der Waals surface area contributed by atoms with Crippen LogP contribution in [0.2, 0.25) is 0 Å². The fourth-order valence-corrected chi connectivity index (χ4v) is 2.93. The maximum absolute atomic E-state index is 12.4. The Morgan fingerprint density at radius 1 is 1.41 bits per heavy atom. The summed E-state index contributed by atoms with van der Waals surface area (Å²) in [5.41, 5.74) is 1.04. The van der Waals surface area contributed by atoms with E-state index >= 15 is 0 Å². The van der Waals surface area contributed by atoms with Crippen molar-refractivity contribution in [1.29, 1.82) is 0 Å². The zero-order valence-electron chi connectivity index (χ0n) is 12.7. The molecule has 2 aromatic rings. The summed E-state index contributed by atoms with van der Waals surface area (Å²) in [6.07, 6.45) is 9.73. The van der Waals surface area contributed by atoms with Crippen molar-refractivity contribution in [1.82, 2.24) is 24.2 Å². The Balaban J connectivity index is 1.63. The van der Waals surface area contributed by atoms with Crippen LogP contribution >= 0.6 is 0 Å². The molecule has 7 heteroatoms. The number of likely N-dealkylation sites (tertiary alicyclic amines) is 1. The first-order valence-corrected chi connectivity index (χ1v) is 7.56. The van der Waals surface area contributed by atoms with Crippen LogP contribution in [-0.4, -0.2) is 54.4 Å². The molecule has 0 aliphatic carbocycles. The number of hydrogen-bond donors (Lipinski definition) is 1. The highest BCUT2D eigenvalue weighted by molar-refractivity contribution is 5.75. The van der Waals surface area contributed by atoms with Gasteiger partial charge in [0, 0.05) is 31.7 Å². The van der Waals surface area contributed by atoms with Crippen LogP contribution in [0.3, 0.4) is 0 Å². The average molecular weight is 303 g/mol. The Kier molecular flexibility index (Phi) is 4.24. The third-order valence-corrected chi connectivity index (χ3v) is 4.15. The largest absolute Gasteiger partial charge is 0.391 e. The maximum atomic E-state index is 12.4. The van der Waals surface area contributed by atoms with Crippen molar-refractivity contribution in [2.24, 2.45) is 0 Å². The molecule has 1 fully saturated rings. The molecule has 3 rings (SSSR count). The fourth-order valence-electron chi connectivity index (χ4n) is 2.93. The third-order valence-electron chi connectivity index (χ3n) is 4.15. The van der Waals surface area contributed by atoms with Crippen LogP contribution in [0.25, 0.3) is 0 Å². The SMILES string of the molecule is Cc1cnn(CC(=O)N2CC[C@H](O)[C@@H](n3ccnc3)CC2)c1. The van der Waals surface area contributed by atoms with Gasteiger partial charge in [-0.15, -0.1) is 0 Å². The summed E-state index contributed by atoms with van der Waals surface area (Å²) in [5, 5.41) is 14.5. The average Bonchev–Trinajstić information content (AvgIpc) is 3.10. The van der Waals surface area contributed by atoms with Crippen molar-refractivity contribution in [3.8, 4) is 0 Å². The van der Waals surface area contributed by atoms with Gasteiger partial charge >= 0.3 is 0 Å². The van der Waals surface area contributed by atoms with Crippen LogP contribution in [0.4, 0.5) is 0 Å². The van der Waals surface area contributed by atoms with Crippen LogP contribution < -0.4 is 0 Å². The molecule has 22 heavy (non-hydrogen) atoms. The van der Waals surface area contributed by atoms with E-state index in [1.807, 2.05) is 28.8 Å². The lowest BCUT2D eigenvalue weighted by molar-refractivity contribution is -0.132. The van der Waals surface area contributed by atoms with Gasteiger partial charge in [-0.05, 0) is 25.3 Å². The first kappa shape index (κ1) is 14.8. The van der Waals surface area contributed by atoms with Crippen LogP contribution in [-0.2, 0) is 11.3 Å². The summed E-state index contributed by atoms with van der Waals surface area (Å²) in [6.45, 7) is 3.41.